The molecule has 0 spiro atoms. The van der Waals surface area contributed by atoms with Crippen molar-refractivity contribution in [3.05, 3.63) is 28.2 Å². The van der Waals surface area contributed by atoms with Crippen LogP contribution in [0.3, 0.4) is 0 Å². The second kappa shape index (κ2) is 9.49. The first-order chi connectivity index (χ1) is 12.0. The van der Waals surface area contributed by atoms with Crippen LogP contribution in [0.25, 0.3) is 0 Å². The lowest BCUT2D eigenvalue weighted by atomic mass is 10.2. The van der Waals surface area contributed by atoms with E-state index < -0.39 is 36.4 Å². The van der Waals surface area contributed by atoms with Gasteiger partial charge in [-0.05, 0) is 39.0 Å². The number of nitrogens with one attached hydrogen (secondary N) is 2. The molecule has 0 radical (unpaired) electrons. The Bertz CT molecular complexity index is 675. The summed E-state index contributed by atoms with van der Waals surface area (Å²) in [7, 11) is 1.14. The number of methoxy groups -OCH3 is 1. The van der Waals surface area contributed by atoms with Crippen LogP contribution >= 0.6 is 23.2 Å². The van der Waals surface area contributed by atoms with Gasteiger partial charge in [0.05, 0.1) is 17.2 Å². The van der Waals surface area contributed by atoms with Crippen molar-refractivity contribution in [3.63, 3.8) is 0 Å². The minimum absolute atomic E-state index is 0.253. The molecule has 2 N–H and O–H groups in total. The van der Waals surface area contributed by atoms with Crippen molar-refractivity contribution in [2.45, 2.75) is 32.4 Å². The van der Waals surface area contributed by atoms with Gasteiger partial charge in [-0.15, -0.1) is 0 Å². The molecule has 0 fully saturated rings. The van der Waals surface area contributed by atoms with Crippen molar-refractivity contribution >= 4 is 47.0 Å². The van der Waals surface area contributed by atoms with Crippen LogP contribution < -0.4 is 10.6 Å². The second-order valence-corrected chi connectivity index (χ2v) is 6.89. The molecule has 1 aromatic rings. The zero-order valence-electron chi connectivity index (χ0n) is 14.7. The van der Waals surface area contributed by atoms with Crippen molar-refractivity contribution in [2.24, 2.45) is 0 Å². The molecule has 1 rings (SSSR count). The number of alkyl carbamates (subject to hydrolysis) is 1. The topological polar surface area (TPSA) is 103 Å². The molecule has 0 saturated carbocycles. The molecule has 26 heavy (non-hydrogen) atoms. The first kappa shape index (κ1) is 21.9. The third-order valence-electron chi connectivity index (χ3n) is 2.72. The van der Waals surface area contributed by atoms with Gasteiger partial charge >= 0.3 is 18.2 Å². The number of hydrogen-bond donors (Lipinski definition) is 2. The first-order valence-electron chi connectivity index (χ1n) is 7.48. The molecule has 1 aromatic carbocycles. The molecule has 0 bridgehead atoms. The molecule has 10 heteroatoms. The van der Waals surface area contributed by atoms with Gasteiger partial charge in [0.2, 0.25) is 0 Å². The highest BCUT2D eigenvalue weighted by Crippen LogP contribution is 2.25. The molecule has 1 unspecified atom stereocenters. The number of amides is 2. The number of rotatable bonds is 5. The van der Waals surface area contributed by atoms with Crippen LogP contribution in [0.1, 0.15) is 20.8 Å². The van der Waals surface area contributed by atoms with Crippen molar-refractivity contribution in [1.29, 1.82) is 0 Å². The zero-order chi connectivity index (χ0) is 19.9. The molecule has 0 heterocycles. The number of esters is 1. The van der Waals surface area contributed by atoms with E-state index in [0.29, 0.717) is 10.7 Å². The monoisotopic (exact) mass is 406 g/mol. The fraction of sp³-hybridized carbons (Fsp3) is 0.438. The maximum Gasteiger partial charge on any atom is 0.411 e. The maximum absolute atomic E-state index is 11.8. The van der Waals surface area contributed by atoms with E-state index in [4.69, 9.17) is 32.7 Å². The van der Waals surface area contributed by atoms with E-state index in [9.17, 15) is 14.4 Å². The molecule has 1 atom stereocenters. The minimum Gasteiger partial charge on any atom is -0.467 e. The van der Waals surface area contributed by atoms with Crippen LogP contribution in [0.4, 0.5) is 15.3 Å². The van der Waals surface area contributed by atoms with Crippen LogP contribution in [0.2, 0.25) is 10.0 Å². The van der Waals surface area contributed by atoms with E-state index in [1.54, 1.807) is 20.8 Å². The Morgan fingerprint density at radius 1 is 1.12 bits per heavy atom. The third-order valence-corrected chi connectivity index (χ3v) is 3.46. The summed E-state index contributed by atoms with van der Waals surface area (Å²) >= 11 is 11.6. The first-order valence-corrected chi connectivity index (χ1v) is 8.23. The molecule has 0 saturated heterocycles. The van der Waals surface area contributed by atoms with Gasteiger partial charge in [0.1, 0.15) is 12.2 Å². The number of carbonyl (C=O) groups is 3. The van der Waals surface area contributed by atoms with Gasteiger partial charge in [-0.25, -0.2) is 14.4 Å². The van der Waals surface area contributed by atoms with Gasteiger partial charge < -0.3 is 19.5 Å². The summed E-state index contributed by atoms with van der Waals surface area (Å²) in [5, 5.41) is 5.28. The van der Waals surface area contributed by atoms with Gasteiger partial charge in [0, 0.05) is 5.69 Å². The van der Waals surface area contributed by atoms with E-state index in [2.05, 4.69) is 15.4 Å². The Balaban J connectivity index is 2.62. The molecule has 8 nitrogen and oxygen atoms in total. The van der Waals surface area contributed by atoms with Crippen molar-refractivity contribution < 1.29 is 28.6 Å². The second-order valence-electron chi connectivity index (χ2n) is 6.07. The van der Waals surface area contributed by atoms with Crippen molar-refractivity contribution in [2.75, 3.05) is 19.0 Å². The summed E-state index contributed by atoms with van der Waals surface area (Å²) in [6.45, 7) is 4.54. The molecule has 0 aliphatic carbocycles. The fourth-order valence-corrected chi connectivity index (χ4v) is 1.95. The average Bonchev–Trinajstić information content (AvgIpc) is 2.52. The largest absolute Gasteiger partial charge is 0.467 e. The van der Waals surface area contributed by atoms with Crippen molar-refractivity contribution in [3.8, 4) is 0 Å². The van der Waals surface area contributed by atoms with Crippen molar-refractivity contribution in [1.82, 2.24) is 5.32 Å². The number of benzene rings is 1. The van der Waals surface area contributed by atoms with Gasteiger partial charge in [-0.1, -0.05) is 23.2 Å². The van der Waals surface area contributed by atoms with Crippen LogP contribution in [-0.2, 0) is 19.0 Å². The fourth-order valence-electron chi connectivity index (χ4n) is 1.65. The highest BCUT2D eigenvalue weighted by molar-refractivity contribution is 6.42. The van der Waals surface area contributed by atoms with Gasteiger partial charge in [0.15, 0.2) is 6.04 Å². The average molecular weight is 407 g/mol. The SMILES string of the molecule is COC(=O)C(COC(=O)Nc1ccc(Cl)c(Cl)c1)NC(=O)OC(C)(C)C. The Morgan fingerprint density at radius 3 is 2.31 bits per heavy atom. The summed E-state index contributed by atoms with van der Waals surface area (Å²) in [6.07, 6.45) is -1.70. The molecule has 0 aliphatic rings. The lowest BCUT2D eigenvalue weighted by molar-refractivity contribution is -0.144. The highest BCUT2D eigenvalue weighted by Gasteiger charge is 2.26. The number of anilines is 1. The number of hydrogen-bond acceptors (Lipinski definition) is 6. The number of ether oxygens (including phenoxy) is 3. The van der Waals surface area contributed by atoms with E-state index in [-0.39, 0.29) is 5.02 Å². The molecular formula is C16H20Cl2N2O6. The summed E-state index contributed by atoms with van der Waals surface area (Å²) in [5.41, 5.74) is -0.407. The van der Waals surface area contributed by atoms with Gasteiger partial charge in [0.25, 0.3) is 0 Å². The van der Waals surface area contributed by atoms with Gasteiger partial charge in [-0.2, -0.15) is 0 Å². The quantitative estimate of drug-likeness (QED) is 0.571. The van der Waals surface area contributed by atoms with Crippen LogP contribution in [0.15, 0.2) is 18.2 Å². The third kappa shape index (κ3) is 7.79. The Kier molecular flexibility index (Phi) is 7.98. The van der Waals surface area contributed by atoms with E-state index in [0.717, 1.165) is 7.11 Å². The highest BCUT2D eigenvalue weighted by atomic mass is 35.5. The molecule has 0 aliphatic heterocycles. The predicted molar refractivity (Wildman–Crippen MR) is 96.6 cm³/mol. The Morgan fingerprint density at radius 2 is 1.77 bits per heavy atom. The maximum atomic E-state index is 11.8. The van der Waals surface area contributed by atoms with Gasteiger partial charge in [-0.3, -0.25) is 5.32 Å². The van der Waals surface area contributed by atoms with E-state index >= 15 is 0 Å². The lowest BCUT2D eigenvalue weighted by Gasteiger charge is -2.22. The smallest absolute Gasteiger partial charge is 0.411 e. The number of halogens is 2. The predicted octanol–water partition coefficient (Wildman–Crippen LogP) is 3.61. The lowest BCUT2D eigenvalue weighted by Crippen LogP contribution is -2.47. The van der Waals surface area contributed by atoms with Crippen LogP contribution in [0.5, 0.6) is 0 Å². The summed E-state index contributed by atoms with van der Waals surface area (Å²) < 4.78 is 14.6. The summed E-state index contributed by atoms with van der Waals surface area (Å²) in [6, 6.07) is 3.23. The normalized spacial score (nSPS) is 11.9. The molecular weight excluding hydrogens is 387 g/mol. The molecule has 0 aromatic heterocycles. The van der Waals surface area contributed by atoms with Crippen LogP contribution in [-0.4, -0.2) is 43.5 Å². The zero-order valence-corrected chi connectivity index (χ0v) is 16.2. The van der Waals surface area contributed by atoms with Crippen LogP contribution in [0, 0.1) is 0 Å². The standard InChI is InChI=1S/C16H20Cl2N2O6/c1-16(2,3)26-15(23)20-12(13(21)24-4)8-25-14(22)19-9-5-6-10(17)11(18)7-9/h5-7,12H,8H2,1-4H3,(H,19,22)(H,20,23). The Hall–Kier alpha value is -2.19. The summed E-state index contributed by atoms with van der Waals surface area (Å²) in [5.74, 6) is -0.793. The number of carbonyl (C=O) groups excluding carboxylic acids is 3. The molecule has 2 amide bonds. The van der Waals surface area contributed by atoms with E-state index in [1.807, 2.05) is 0 Å². The van der Waals surface area contributed by atoms with E-state index in [1.165, 1.54) is 18.2 Å². The minimum atomic E-state index is -1.23. The summed E-state index contributed by atoms with van der Waals surface area (Å²) in [4.78, 5) is 35.3. The molecule has 144 valence electrons. The Labute approximate surface area is 161 Å².